The molecule has 0 saturated carbocycles. The van der Waals surface area contributed by atoms with Gasteiger partial charge in [-0.05, 0) is 61.8 Å². The summed E-state index contributed by atoms with van der Waals surface area (Å²) in [6.07, 6.45) is 4.60. The molecule has 164 valence electrons. The fourth-order valence-electron chi connectivity index (χ4n) is 3.82. The van der Waals surface area contributed by atoms with Gasteiger partial charge in [0.2, 0.25) is 0 Å². The SMILES string of the molecule is Cl.Cl.O=C(Nc1cccc(-c2ccc3c(c2)CCO3)n1)c1cn(C2CCNCC2)nn1. The van der Waals surface area contributed by atoms with Crippen molar-refractivity contribution >= 4 is 36.5 Å². The zero-order chi connectivity index (χ0) is 19.6. The van der Waals surface area contributed by atoms with Crippen LogP contribution in [-0.2, 0) is 6.42 Å². The first-order valence-corrected chi connectivity index (χ1v) is 9.93. The molecule has 31 heavy (non-hydrogen) atoms. The summed E-state index contributed by atoms with van der Waals surface area (Å²) < 4.78 is 7.36. The Morgan fingerprint density at radius 3 is 2.84 bits per heavy atom. The average Bonchev–Trinajstić information content (AvgIpc) is 3.44. The number of nitrogens with one attached hydrogen (secondary N) is 2. The van der Waals surface area contributed by atoms with Crippen molar-refractivity contribution in [3.05, 3.63) is 53.9 Å². The van der Waals surface area contributed by atoms with Crippen LogP contribution in [0.2, 0.25) is 0 Å². The molecule has 2 aliphatic heterocycles. The lowest BCUT2D eigenvalue weighted by Gasteiger charge is -2.22. The van der Waals surface area contributed by atoms with E-state index in [1.54, 1.807) is 16.9 Å². The molecular weight excluding hydrogens is 439 g/mol. The minimum absolute atomic E-state index is 0. The van der Waals surface area contributed by atoms with Crippen molar-refractivity contribution in [3.8, 4) is 17.0 Å². The van der Waals surface area contributed by atoms with Crippen LogP contribution in [0.4, 0.5) is 5.82 Å². The topological polar surface area (TPSA) is 94.0 Å². The number of aromatic nitrogens is 4. The van der Waals surface area contributed by atoms with Gasteiger partial charge in [0, 0.05) is 12.0 Å². The third kappa shape index (κ3) is 4.98. The number of fused-ring (bicyclic) bond motifs is 1. The van der Waals surface area contributed by atoms with Crippen molar-refractivity contribution in [1.82, 2.24) is 25.3 Å². The third-order valence-corrected chi connectivity index (χ3v) is 5.40. The van der Waals surface area contributed by atoms with Gasteiger partial charge in [0.05, 0.1) is 24.5 Å². The highest BCUT2D eigenvalue weighted by Gasteiger charge is 2.19. The lowest BCUT2D eigenvalue weighted by Crippen LogP contribution is -2.29. The minimum atomic E-state index is -0.308. The first kappa shape index (κ1) is 23.0. The Kier molecular flexibility index (Phi) is 7.48. The van der Waals surface area contributed by atoms with E-state index in [0.717, 1.165) is 56.0 Å². The predicted octanol–water partition coefficient (Wildman–Crippen LogP) is 3.30. The normalized spacial score (nSPS) is 15.2. The molecule has 10 heteroatoms. The maximum Gasteiger partial charge on any atom is 0.278 e. The minimum Gasteiger partial charge on any atom is -0.493 e. The number of hydrogen-bond donors (Lipinski definition) is 2. The number of anilines is 1. The second-order valence-corrected chi connectivity index (χ2v) is 7.35. The van der Waals surface area contributed by atoms with Gasteiger partial charge in [-0.1, -0.05) is 11.3 Å². The van der Waals surface area contributed by atoms with Gasteiger partial charge in [0.1, 0.15) is 11.6 Å². The van der Waals surface area contributed by atoms with Crippen LogP contribution in [0.1, 0.15) is 34.9 Å². The van der Waals surface area contributed by atoms with Crippen LogP contribution in [0, 0.1) is 0 Å². The number of rotatable bonds is 4. The van der Waals surface area contributed by atoms with Crippen LogP contribution in [0.25, 0.3) is 11.3 Å². The van der Waals surface area contributed by atoms with Gasteiger partial charge in [0.15, 0.2) is 5.69 Å². The van der Waals surface area contributed by atoms with Crippen molar-refractivity contribution in [2.45, 2.75) is 25.3 Å². The van der Waals surface area contributed by atoms with Gasteiger partial charge < -0.3 is 15.4 Å². The van der Waals surface area contributed by atoms with E-state index in [2.05, 4.69) is 32.0 Å². The quantitative estimate of drug-likeness (QED) is 0.617. The molecule has 1 saturated heterocycles. The Hall–Kier alpha value is -2.68. The van der Waals surface area contributed by atoms with Gasteiger partial charge in [-0.2, -0.15) is 0 Å². The number of amides is 1. The first-order valence-electron chi connectivity index (χ1n) is 9.93. The second kappa shape index (κ2) is 10.1. The Balaban J connectivity index is 0.00000136. The van der Waals surface area contributed by atoms with Crippen LogP contribution in [0.3, 0.4) is 0 Å². The molecular formula is C21H24Cl2N6O2. The van der Waals surface area contributed by atoms with Crippen LogP contribution in [0.15, 0.2) is 42.6 Å². The molecule has 0 atom stereocenters. The monoisotopic (exact) mass is 462 g/mol. The van der Waals surface area contributed by atoms with E-state index < -0.39 is 0 Å². The number of piperidine rings is 1. The van der Waals surface area contributed by atoms with E-state index in [4.69, 9.17) is 4.74 Å². The summed E-state index contributed by atoms with van der Waals surface area (Å²) in [6.45, 7) is 2.63. The van der Waals surface area contributed by atoms with Gasteiger partial charge in [0.25, 0.3) is 5.91 Å². The molecule has 0 unspecified atom stereocenters. The second-order valence-electron chi connectivity index (χ2n) is 7.35. The molecule has 1 amide bonds. The summed E-state index contributed by atoms with van der Waals surface area (Å²) in [4.78, 5) is 17.2. The largest absolute Gasteiger partial charge is 0.493 e. The Labute approximate surface area is 192 Å². The van der Waals surface area contributed by atoms with E-state index >= 15 is 0 Å². The average molecular weight is 463 g/mol. The zero-order valence-electron chi connectivity index (χ0n) is 16.8. The number of nitrogens with zero attached hydrogens (tertiary/aromatic N) is 4. The third-order valence-electron chi connectivity index (χ3n) is 5.40. The number of carbonyl (C=O) groups is 1. The number of halogens is 2. The molecule has 8 nitrogen and oxygen atoms in total. The Morgan fingerprint density at radius 2 is 2.00 bits per heavy atom. The predicted molar refractivity (Wildman–Crippen MR) is 122 cm³/mol. The van der Waals surface area contributed by atoms with Gasteiger partial charge in [-0.25, -0.2) is 9.67 Å². The highest BCUT2D eigenvalue weighted by Crippen LogP contribution is 2.30. The molecule has 3 aromatic rings. The highest BCUT2D eigenvalue weighted by atomic mass is 35.5. The summed E-state index contributed by atoms with van der Waals surface area (Å²) in [5.41, 5.74) is 3.29. The van der Waals surface area contributed by atoms with Crippen molar-refractivity contribution < 1.29 is 9.53 Å². The van der Waals surface area contributed by atoms with Crippen molar-refractivity contribution in [2.75, 3.05) is 25.0 Å². The van der Waals surface area contributed by atoms with E-state index in [-0.39, 0.29) is 36.8 Å². The van der Waals surface area contributed by atoms with Crippen LogP contribution in [0.5, 0.6) is 5.75 Å². The standard InChI is InChI=1S/C21H22N6O2.2ClH/c28-21(18-13-27(26-25-18)16-6-9-22-10-7-16)24-20-3-1-2-17(23-20)14-4-5-19-15(12-14)8-11-29-19;;/h1-5,12-13,16,22H,6-11H2,(H,23,24,28);2*1H. The number of hydrogen-bond acceptors (Lipinski definition) is 6. The number of pyridine rings is 1. The summed E-state index contributed by atoms with van der Waals surface area (Å²) in [5, 5.41) is 14.4. The summed E-state index contributed by atoms with van der Waals surface area (Å²) in [7, 11) is 0. The van der Waals surface area contributed by atoms with Crippen molar-refractivity contribution in [2.24, 2.45) is 0 Å². The van der Waals surface area contributed by atoms with Crippen LogP contribution in [-0.4, -0.2) is 45.6 Å². The number of carbonyl (C=O) groups excluding carboxylic acids is 1. The van der Waals surface area contributed by atoms with E-state index in [1.165, 1.54) is 5.56 Å². The molecule has 0 radical (unpaired) electrons. The van der Waals surface area contributed by atoms with E-state index in [9.17, 15) is 4.79 Å². The van der Waals surface area contributed by atoms with Gasteiger partial charge in [-0.15, -0.1) is 29.9 Å². The molecule has 2 aromatic heterocycles. The maximum atomic E-state index is 12.6. The fraction of sp³-hybridized carbons (Fsp3) is 0.333. The lowest BCUT2D eigenvalue weighted by molar-refractivity contribution is 0.102. The molecule has 5 rings (SSSR count). The molecule has 2 aliphatic rings. The number of ether oxygens (including phenoxy) is 1. The molecule has 0 spiro atoms. The Bertz CT molecular complexity index is 1050. The Morgan fingerprint density at radius 1 is 1.16 bits per heavy atom. The summed E-state index contributed by atoms with van der Waals surface area (Å²) in [5.74, 6) is 1.12. The number of benzene rings is 1. The van der Waals surface area contributed by atoms with Crippen LogP contribution >= 0.6 is 24.8 Å². The molecule has 0 aliphatic carbocycles. The highest BCUT2D eigenvalue weighted by molar-refractivity contribution is 6.02. The smallest absolute Gasteiger partial charge is 0.278 e. The van der Waals surface area contributed by atoms with E-state index in [0.29, 0.717) is 11.5 Å². The summed E-state index contributed by atoms with van der Waals surface area (Å²) >= 11 is 0. The maximum absolute atomic E-state index is 12.6. The zero-order valence-corrected chi connectivity index (χ0v) is 18.4. The fourth-order valence-corrected chi connectivity index (χ4v) is 3.82. The van der Waals surface area contributed by atoms with E-state index in [1.807, 2.05) is 24.3 Å². The molecule has 1 aromatic carbocycles. The molecule has 0 bridgehead atoms. The molecule has 1 fully saturated rings. The first-order chi connectivity index (χ1) is 14.3. The molecule has 2 N–H and O–H groups in total. The lowest BCUT2D eigenvalue weighted by atomic mass is 10.1. The van der Waals surface area contributed by atoms with Crippen LogP contribution < -0.4 is 15.4 Å². The molecule has 4 heterocycles. The van der Waals surface area contributed by atoms with Gasteiger partial charge in [-0.3, -0.25) is 4.79 Å². The van der Waals surface area contributed by atoms with Crippen molar-refractivity contribution in [3.63, 3.8) is 0 Å². The van der Waals surface area contributed by atoms with Crippen molar-refractivity contribution in [1.29, 1.82) is 0 Å². The van der Waals surface area contributed by atoms with Gasteiger partial charge >= 0.3 is 0 Å². The summed E-state index contributed by atoms with van der Waals surface area (Å²) in [6, 6.07) is 11.9.